The molecule has 22 atom stereocenters. The van der Waals surface area contributed by atoms with Crippen LogP contribution in [0.3, 0.4) is 0 Å². The van der Waals surface area contributed by atoms with E-state index < -0.39 is 167 Å². The van der Waals surface area contributed by atoms with Crippen molar-refractivity contribution in [2.24, 2.45) is 5.73 Å². The van der Waals surface area contributed by atoms with E-state index in [2.05, 4.69) is 12.2 Å². The number of hydrogen-bond acceptors (Lipinski definition) is 23. The molecule has 4 aliphatic heterocycles. The van der Waals surface area contributed by atoms with Crippen LogP contribution in [0.25, 0.3) is 0 Å². The summed E-state index contributed by atoms with van der Waals surface area (Å²) in [6, 6.07) is -2.46. The third-order valence-corrected chi connectivity index (χ3v) is 12.8. The van der Waals surface area contributed by atoms with Gasteiger partial charge < -0.3 is 115 Å². The quantitative estimate of drug-likeness (QED) is 0.0259. The van der Waals surface area contributed by atoms with Crippen molar-refractivity contribution in [2.45, 2.75) is 226 Å². The molecule has 24 heteroatoms. The highest BCUT2D eigenvalue weighted by molar-refractivity contribution is 5.73. The molecule has 4 fully saturated rings. The first-order valence-electron chi connectivity index (χ1n) is 24.0. The summed E-state index contributed by atoms with van der Waals surface area (Å²) < 4.78 is 45.4. The number of amides is 1. The van der Waals surface area contributed by atoms with Crippen molar-refractivity contribution in [3.05, 3.63) is 12.2 Å². The highest BCUT2D eigenvalue weighted by atomic mass is 16.8. The number of ether oxygens (including phenoxy) is 8. The molecule has 398 valence electrons. The predicted octanol–water partition coefficient (Wildman–Crippen LogP) is -4.64. The molecule has 4 heterocycles. The Hall–Kier alpha value is -1.67. The molecule has 4 aliphatic rings. The van der Waals surface area contributed by atoms with Crippen LogP contribution < -0.4 is 11.1 Å². The van der Waals surface area contributed by atoms with E-state index in [1.54, 1.807) is 6.08 Å². The number of carbonyl (C=O) groups is 1. The maximum atomic E-state index is 11.9. The molecule has 4 saturated heterocycles. The second-order valence-corrected chi connectivity index (χ2v) is 18.1. The summed E-state index contributed by atoms with van der Waals surface area (Å²) in [5.74, 6) is -0.696. The van der Waals surface area contributed by atoms with Gasteiger partial charge in [0.25, 0.3) is 0 Å². The maximum absolute atomic E-state index is 11.9. The summed E-state index contributed by atoms with van der Waals surface area (Å²) in [5.41, 5.74) is 6.12. The third-order valence-electron chi connectivity index (χ3n) is 12.8. The Morgan fingerprint density at radius 1 is 0.559 bits per heavy atom. The summed E-state index contributed by atoms with van der Waals surface area (Å²) in [6.45, 7) is -0.496. The van der Waals surface area contributed by atoms with Gasteiger partial charge in [-0.05, 0) is 12.8 Å². The van der Waals surface area contributed by atoms with Crippen LogP contribution in [0.5, 0.6) is 0 Å². The third kappa shape index (κ3) is 16.2. The van der Waals surface area contributed by atoms with Crippen LogP contribution in [-0.4, -0.2) is 240 Å². The van der Waals surface area contributed by atoms with Crippen molar-refractivity contribution in [1.82, 2.24) is 5.32 Å². The van der Waals surface area contributed by atoms with Gasteiger partial charge in [-0.3, -0.25) is 4.79 Å². The molecule has 22 unspecified atom stereocenters. The van der Waals surface area contributed by atoms with Gasteiger partial charge in [-0.15, -0.1) is 0 Å². The molecule has 0 bridgehead atoms. The minimum atomic E-state index is -2.06. The van der Waals surface area contributed by atoms with E-state index in [1.165, 1.54) is 51.4 Å². The summed E-state index contributed by atoms with van der Waals surface area (Å²) >= 11 is 0. The van der Waals surface area contributed by atoms with Gasteiger partial charge in [0.05, 0.1) is 45.2 Å². The Morgan fingerprint density at radius 2 is 1.00 bits per heavy atom. The number of carbonyl (C=O) groups excluding carboxylic acids is 1. The minimum Gasteiger partial charge on any atom is -0.394 e. The van der Waals surface area contributed by atoms with E-state index >= 15 is 0 Å². The second kappa shape index (κ2) is 29.7. The van der Waals surface area contributed by atoms with E-state index in [-0.39, 0.29) is 6.61 Å². The highest BCUT2D eigenvalue weighted by Crippen LogP contribution is 2.34. The van der Waals surface area contributed by atoms with E-state index in [0.717, 1.165) is 32.6 Å². The number of aliphatic hydroxyl groups is 13. The van der Waals surface area contributed by atoms with Gasteiger partial charge in [0.2, 0.25) is 5.91 Å². The van der Waals surface area contributed by atoms with Crippen molar-refractivity contribution < 1.29 is 109 Å². The van der Waals surface area contributed by atoms with Crippen LogP contribution in [0.2, 0.25) is 0 Å². The summed E-state index contributed by atoms with van der Waals surface area (Å²) in [5, 5.41) is 141. The highest BCUT2D eigenvalue weighted by Gasteiger charge is 2.55. The van der Waals surface area contributed by atoms with Crippen molar-refractivity contribution in [2.75, 3.05) is 33.0 Å². The van der Waals surface area contributed by atoms with Crippen molar-refractivity contribution in [3.63, 3.8) is 0 Å². The average Bonchev–Trinajstić information content (AvgIpc) is 3.32. The lowest BCUT2D eigenvalue weighted by Gasteiger charge is -2.49. The summed E-state index contributed by atoms with van der Waals surface area (Å²) in [6.07, 6.45) is -17.0. The fourth-order valence-electron chi connectivity index (χ4n) is 8.68. The number of unbranched alkanes of at least 4 members (excludes halogenated alkanes) is 11. The lowest BCUT2D eigenvalue weighted by molar-refractivity contribution is -0.386. The lowest BCUT2D eigenvalue weighted by Crippen LogP contribution is -2.69. The topological polar surface area (TPSA) is 392 Å². The number of rotatable bonds is 28. The van der Waals surface area contributed by atoms with E-state index in [4.69, 9.17) is 43.6 Å². The molecule has 0 aromatic rings. The SMILES string of the molecule is CCCCCCCCCCCCCC=CC(O)C(N)COC1OC(CO)C(OC2OC(CO)C(OC3OC(CO)C(O)C(OC4OC(CO)C(O)C(O)C4NC(C)=O)C3O)C(O)C2O)C(O)C1O. The predicted molar refractivity (Wildman–Crippen MR) is 233 cm³/mol. The fourth-order valence-corrected chi connectivity index (χ4v) is 8.68. The molecule has 24 nitrogen and oxygen atoms in total. The van der Waals surface area contributed by atoms with E-state index in [0.29, 0.717) is 0 Å². The number of allylic oxidation sites excluding steroid dienone is 1. The molecule has 0 aliphatic carbocycles. The molecule has 0 aromatic heterocycles. The van der Waals surface area contributed by atoms with Gasteiger partial charge in [0.1, 0.15) is 97.6 Å². The Kier molecular flexibility index (Phi) is 25.8. The monoisotopic (exact) mass is 989 g/mol. The molecule has 4 rings (SSSR count). The normalized spacial score (nSPS) is 40.1. The maximum Gasteiger partial charge on any atom is 0.217 e. The second-order valence-electron chi connectivity index (χ2n) is 18.1. The fraction of sp³-hybridized carbons (Fsp3) is 0.932. The zero-order chi connectivity index (χ0) is 50.1. The van der Waals surface area contributed by atoms with Crippen molar-refractivity contribution in [3.8, 4) is 0 Å². The first-order valence-corrected chi connectivity index (χ1v) is 24.0. The largest absolute Gasteiger partial charge is 0.394 e. The lowest BCUT2D eigenvalue weighted by atomic mass is 9.95. The van der Waals surface area contributed by atoms with Gasteiger partial charge in [0.15, 0.2) is 25.2 Å². The Balaban J connectivity index is 1.30. The molecule has 0 spiro atoms. The molecule has 68 heavy (non-hydrogen) atoms. The number of aliphatic hydroxyl groups excluding tert-OH is 13. The number of hydrogen-bond donors (Lipinski definition) is 15. The Labute approximate surface area is 396 Å². The molecule has 0 saturated carbocycles. The zero-order valence-corrected chi connectivity index (χ0v) is 38.9. The van der Waals surface area contributed by atoms with Gasteiger partial charge in [0, 0.05) is 6.92 Å². The van der Waals surface area contributed by atoms with E-state index in [9.17, 15) is 71.2 Å². The number of nitrogens with two attached hydrogens (primary N) is 1. The summed E-state index contributed by atoms with van der Waals surface area (Å²) in [4.78, 5) is 11.9. The number of nitrogens with one attached hydrogen (secondary N) is 1. The van der Waals surface area contributed by atoms with Crippen LogP contribution >= 0.6 is 0 Å². The van der Waals surface area contributed by atoms with Gasteiger partial charge >= 0.3 is 0 Å². The minimum absolute atomic E-state index is 0.327. The van der Waals surface area contributed by atoms with Crippen LogP contribution in [0, 0.1) is 0 Å². The molecule has 0 radical (unpaired) electrons. The smallest absolute Gasteiger partial charge is 0.217 e. The van der Waals surface area contributed by atoms with Crippen LogP contribution in [0.15, 0.2) is 12.2 Å². The molecular formula is C44H80N2O22. The van der Waals surface area contributed by atoms with Crippen LogP contribution in [0.1, 0.15) is 90.9 Å². The van der Waals surface area contributed by atoms with Gasteiger partial charge in [-0.2, -0.15) is 0 Å². The summed E-state index contributed by atoms with van der Waals surface area (Å²) in [7, 11) is 0. The van der Waals surface area contributed by atoms with E-state index in [1.807, 2.05) is 6.08 Å². The Bertz CT molecular complexity index is 1440. The molecule has 0 aromatic carbocycles. The first-order chi connectivity index (χ1) is 32.5. The molecule has 16 N–H and O–H groups in total. The molecule has 1 amide bonds. The molecular weight excluding hydrogens is 908 g/mol. The first kappa shape index (κ1) is 58.9. The van der Waals surface area contributed by atoms with Gasteiger partial charge in [-0.1, -0.05) is 83.3 Å². The standard InChI is InChI=1S/C44H80N2O22/c1-3-4-5-6-7-8-9-10-11-12-13-14-15-16-24(52)23(45)21-61-42-35(58)33(56)38(27(19-49)64-42)66-43-36(59)34(57)39(28(20-50)65-43)67-44-37(60)40(31(54)26(18-48)63-44)68-41-29(46-22(2)51)32(55)30(53)25(17-47)62-41/h15-16,23-44,47-50,52-60H,3-14,17-21,45H2,1-2H3,(H,46,51). The Morgan fingerprint density at radius 3 is 1.53 bits per heavy atom. The van der Waals surface area contributed by atoms with Gasteiger partial charge in [-0.25, -0.2) is 0 Å². The average molecular weight is 989 g/mol. The zero-order valence-electron chi connectivity index (χ0n) is 38.9. The van der Waals surface area contributed by atoms with Crippen molar-refractivity contribution >= 4 is 5.91 Å². The van der Waals surface area contributed by atoms with Crippen LogP contribution in [0.4, 0.5) is 0 Å². The van der Waals surface area contributed by atoms with Crippen LogP contribution in [-0.2, 0) is 42.7 Å². The van der Waals surface area contributed by atoms with Crippen molar-refractivity contribution in [1.29, 1.82) is 0 Å².